The van der Waals surface area contributed by atoms with Crippen molar-refractivity contribution in [3.63, 3.8) is 0 Å². The Morgan fingerprint density at radius 2 is 2.00 bits per heavy atom. The van der Waals surface area contributed by atoms with Crippen LogP contribution in [0.25, 0.3) is 0 Å². The van der Waals surface area contributed by atoms with Gasteiger partial charge in [0.05, 0.1) is 18.8 Å². The van der Waals surface area contributed by atoms with Crippen molar-refractivity contribution in [2.75, 3.05) is 6.61 Å². The molecule has 3 N–H and O–H groups in total. The molecule has 3 nitrogen and oxygen atoms in total. The van der Waals surface area contributed by atoms with E-state index in [0.717, 1.165) is 0 Å². The summed E-state index contributed by atoms with van der Waals surface area (Å²) in [7, 11) is 0. The predicted molar refractivity (Wildman–Crippen MR) is 36.0 cm³/mol. The van der Waals surface area contributed by atoms with Gasteiger partial charge < -0.3 is 15.3 Å². The normalized spacial score (nSPS) is 40.1. The van der Waals surface area contributed by atoms with Crippen molar-refractivity contribution in [2.24, 2.45) is 5.92 Å². The van der Waals surface area contributed by atoms with Gasteiger partial charge in [0, 0.05) is 12.3 Å². The maximum absolute atomic E-state index is 9.14. The molecule has 10 heavy (non-hydrogen) atoms. The summed E-state index contributed by atoms with van der Waals surface area (Å²) in [6.07, 6.45) is 3.14. The molecule has 1 radical (unpaired) electrons. The van der Waals surface area contributed by atoms with E-state index >= 15 is 0 Å². The summed E-state index contributed by atoms with van der Waals surface area (Å²) in [4.78, 5) is 0. The van der Waals surface area contributed by atoms with Gasteiger partial charge in [0.1, 0.15) is 0 Å². The molecule has 0 heterocycles. The number of rotatable bonds is 1. The molecule has 0 fully saturated rings. The Hall–Kier alpha value is -0.380. The lowest BCUT2D eigenvalue weighted by Crippen LogP contribution is -2.36. The van der Waals surface area contributed by atoms with E-state index in [0.29, 0.717) is 0 Å². The third-order valence-corrected chi connectivity index (χ3v) is 1.67. The fourth-order valence-corrected chi connectivity index (χ4v) is 0.971. The standard InChI is InChI=1S/C7H11O3/c8-4-5-2-1-3-6(9)7(5)10/h1-3,5-10H,4H2. The van der Waals surface area contributed by atoms with Gasteiger partial charge in [0.15, 0.2) is 0 Å². The Morgan fingerprint density at radius 1 is 1.30 bits per heavy atom. The van der Waals surface area contributed by atoms with Crippen LogP contribution in [0.5, 0.6) is 0 Å². The van der Waals surface area contributed by atoms with Crippen molar-refractivity contribution in [3.05, 3.63) is 18.6 Å². The molecule has 0 amide bonds. The second-order valence-corrected chi connectivity index (χ2v) is 2.40. The van der Waals surface area contributed by atoms with E-state index in [2.05, 4.69) is 0 Å². The molecule has 3 atom stereocenters. The van der Waals surface area contributed by atoms with Crippen LogP contribution in [0.2, 0.25) is 0 Å². The summed E-state index contributed by atoms with van der Waals surface area (Å²) >= 11 is 0. The van der Waals surface area contributed by atoms with Crippen LogP contribution in [0.4, 0.5) is 0 Å². The predicted octanol–water partition coefficient (Wildman–Crippen LogP) is -0.909. The highest BCUT2D eigenvalue weighted by atomic mass is 16.3. The molecule has 1 aliphatic rings. The molecule has 0 aromatic heterocycles. The van der Waals surface area contributed by atoms with Crippen LogP contribution in [0.1, 0.15) is 0 Å². The van der Waals surface area contributed by atoms with Gasteiger partial charge in [0.2, 0.25) is 0 Å². The monoisotopic (exact) mass is 143 g/mol. The van der Waals surface area contributed by atoms with Gasteiger partial charge in [-0.1, -0.05) is 12.2 Å². The molecule has 3 unspecified atom stereocenters. The fourth-order valence-electron chi connectivity index (χ4n) is 0.971. The molecule has 0 saturated heterocycles. The first kappa shape index (κ1) is 7.72. The minimum absolute atomic E-state index is 0.122. The Morgan fingerprint density at radius 3 is 2.50 bits per heavy atom. The Balaban J connectivity index is 2.57. The third-order valence-electron chi connectivity index (χ3n) is 1.67. The van der Waals surface area contributed by atoms with Crippen LogP contribution < -0.4 is 0 Å². The zero-order valence-corrected chi connectivity index (χ0v) is 5.51. The van der Waals surface area contributed by atoms with Crippen molar-refractivity contribution in [1.82, 2.24) is 0 Å². The van der Waals surface area contributed by atoms with Crippen LogP contribution in [0, 0.1) is 12.3 Å². The highest BCUT2D eigenvalue weighted by Crippen LogP contribution is 2.16. The molecular weight excluding hydrogens is 132 g/mol. The van der Waals surface area contributed by atoms with Gasteiger partial charge in [-0.2, -0.15) is 0 Å². The Labute approximate surface area is 59.6 Å². The van der Waals surface area contributed by atoms with Gasteiger partial charge in [-0.3, -0.25) is 0 Å². The van der Waals surface area contributed by atoms with Gasteiger partial charge >= 0.3 is 0 Å². The first-order chi connectivity index (χ1) is 4.75. The summed E-state index contributed by atoms with van der Waals surface area (Å²) in [5.41, 5.74) is 0. The summed E-state index contributed by atoms with van der Waals surface area (Å²) in [6, 6.07) is 0. The Kier molecular flexibility index (Phi) is 2.43. The zero-order chi connectivity index (χ0) is 7.56. The lowest BCUT2D eigenvalue weighted by Gasteiger charge is -2.25. The van der Waals surface area contributed by atoms with Gasteiger partial charge in [-0.05, 0) is 0 Å². The van der Waals surface area contributed by atoms with Crippen LogP contribution in [-0.4, -0.2) is 34.1 Å². The highest BCUT2D eigenvalue weighted by Gasteiger charge is 2.26. The maximum Gasteiger partial charge on any atom is 0.0889 e. The largest absolute Gasteiger partial charge is 0.396 e. The highest BCUT2D eigenvalue weighted by molar-refractivity contribution is 5.11. The van der Waals surface area contributed by atoms with E-state index in [1.807, 2.05) is 0 Å². The molecular formula is C7H11O3. The smallest absolute Gasteiger partial charge is 0.0889 e. The fraction of sp³-hybridized carbons (Fsp3) is 0.571. The molecule has 57 valence electrons. The zero-order valence-electron chi connectivity index (χ0n) is 5.51. The molecule has 0 aromatic carbocycles. The van der Waals surface area contributed by atoms with Crippen molar-refractivity contribution in [1.29, 1.82) is 0 Å². The van der Waals surface area contributed by atoms with Crippen LogP contribution >= 0.6 is 0 Å². The van der Waals surface area contributed by atoms with Crippen molar-refractivity contribution >= 4 is 0 Å². The second kappa shape index (κ2) is 3.14. The van der Waals surface area contributed by atoms with Crippen molar-refractivity contribution in [3.8, 4) is 0 Å². The molecule has 0 spiro atoms. The average Bonchev–Trinajstić information content (AvgIpc) is 1.95. The molecule has 3 heteroatoms. The summed E-state index contributed by atoms with van der Waals surface area (Å²) in [6.45, 7) is -0.122. The van der Waals surface area contributed by atoms with E-state index in [9.17, 15) is 0 Å². The van der Waals surface area contributed by atoms with E-state index in [1.165, 1.54) is 6.42 Å². The van der Waals surface area contributed by atoms with Crippen molar-refractivity contribution < 1.29 is 15.3 Å². The molecule has 1 rings (SSSR count). The van der Waals surface area contributed by atoms with Crippen LogP contribution in [0.3, 0.4) is 0 Å². The lowest BCUT2D eigenvalue weighted by atomic mass is 9.91. The third kappa shape index (κ3) is 1.37. The molecule has 0 aromatic rings. The maximum atomic E-state index is 9.14. The van der Waals surface area contributed by atoms with Gasteiger partial charge in [-0.25, -0.2) is 0 Å². The average molecular weight is 143 g/mol. The lowest BCUT2D eigenvalue weighted by molar-refractivity contribution is -0.00459. The minimum atomic E-state index is -0.852. The summed E-state index contributed by atoms with van der Waals surface area (Å²) < 4.78 is 0. The topological polar surface area (TPSA) is 60.7 Å². The van der Waals surface area contributed by atoms with Gasteiger partial charge in [0.25, 0.3) is 0 Å². The van der Waals surface area contributed by atoms with Crippen molar-refractivity contribution in [2.45, 2.75) is 12.2 Å². The molecule has 0 saturated carbocycles. The van der Waals surface area contributed by atoms with E-state index in [-0.39, 0.29) is 12.5 Å². The molecule has 0 bridgehead atoms. The number of aliphatic hydroxyl groups excluding tert-OH is 3. The Bertz CT molecular complexity index is 133. The quantitative estimate of drug-likeness (QED) is 0.445. The van der Waals surface area contributed by atoms with E-state index in [4.69, 9.17) is 15.3 Å². The van der Waals surface area contributed by atoms with Crippen LogP contribution in [-0.2, 0) is 0 Å². The number of aliphatic hydroxyl groups is 3. The first-order valence-electron chi connectivity index (χ1n) is 3.24. The van der Waals surface area contributed by atoms with Crippen LogP contribution in [0.15, 0.2) is 12.2 Å². The minimum Gasteiger partial charge on any atom is -0.396 e. The summed E-state index contributed by atoms with van der Waals surface area (Å²) in [5, 5.41) is 26.8. The first-order valence-corrected chi connectivity index (χ1v) is 3.24. The summed E-state index contributed by atoms with van der Waals surface area (Å²) in [5.74, 6) is -0.319. The molecule has 0 aliphatic heterocycles. The molecule has 1 aliphatic carbocycles. The second-order valence-electron chi connectivity index (χ2n) is 2.40. The SMILES string of the molecule is OCC1C=C[CH]C(O)C1O. The number of hydrogen-bond acceptors (Lipinski definition) is 3. The van der Waals surface area contributed by atoms with E-state index in [1.54, 1.807) is 12.2 Å². The van der Waals surface area contributed by atoms with E-state index < -0.39 is 12.2 Å². The number of hydrogen-bond donors (Lipinski definition) is 3. The van der Waals surface area contributed by atoms with Gasteiger partial charge in [-0.15, -0.1) is 0 Å².